The Balaban J connectivity index is 1.22. The standard InChI is InChI=1S/C50H38N4/c1-49(2)37-15-5-11-21-43(37)53(44-22-12-6-16-38(44)49)31-25-27-33-35(29-31)36-30-32(26-28-34(36)48-47(33)51-41-19-9-10-20-42(41)52-48)54-45-23-13-7-17-39(45)50(3,4)40-18-8-14-24-46(40)54/h5-30H,1-4H3. The molecule has 8 aromatic carbocycles. The predicted octanol–water partition coefficient (Wildman–Crippen LogP) is 13.3. The summed E-state index contributed by atoms with van der Waals surface area (Å²) in [6.45, 7) is 9.35. The Hall–Kier alpha value is -6.52. The van der Waals surface area contributed by atoms with Gasteiger partial charge in [0.15, 0.2) is 0 Å². The largest absolute Gasteiger partial charge is 0.310 e. The zero-order valence-electron chi connectivity index (χ0n) is 30.8. The number of nitrogens with zero attached hydrogens (tertiary/aromatic N) is 4. The van der Waals surface area contributed by atoms with Crippen molar-refractivity contribution >= 4 is 77.7 Å². The highest BCUT2D eigenvalue weighted by Gasteiger charge is 2.38. The fraction of sp³-hybridized carbons (Fsp3) is 0.120. The van der Waals surface area contributed by atoms with E-state index in [9.17, 15) is 0 Å². The van der Waals surface area contributed by atoms with Crippen LogP contribution in [0, 0.1) is 0 Å². The monoisotopic (exact) mass is 694 g/mol. The molecule has 0 aliphatic carbocycles. The van der Waals surface area contributed by atoms with Crippen LogP contribution in [0.2, 0.25) is 0 Å². The van der Waals surface area contributed by atoms with Gasteiger partial charge in [-0.3, -0.25) is 0 Å². The maximum absolute atomic E-state index is 5.29. The molecule has 2 aliphatic rings. The SMILES string of the molecule is CC1(C)c2ccccc2N(c2ccc3c(c2)c2cc(N4c5ccccc5C(C)(C)c5ccccc54)ccc2c2nc4ccccc4nc32)c2ccccc21. The summed E-state index contributed by atoms with van der Waals surface area (Å²) in [6, 6.07) is 57.5. The average molecular weight is 695 g/mol. The van der Waals surface area contributed by atoms with Crippen LogP contribution in [0.25, 0.3) is 43.6 Å². The first-order chi connectivity index (χ1) is 26.3. The van der Waals surface area contributed by atoms with Gasteiger partial charge in [0, 0.05) is 33.0 Å². The molecule has 0 radical (unpaired) electrons. The Kier molecular flexibility index (Phi) is 6.33. The lowest BCUT2D eigenvalue weighted by molar-refractivity contribution is 0.632. The number of fused-ring (bicyclic) bond motifs is 11. The lowest BCUT2D eigenvalue weighted by atomic mass is 9.73. The Bertz CT molecular complexity index is 2730. The van der Waals surface area contributed by atoms with Crippen LogP contribution in [0.1, 0.15) is 49.9 Å². The van der Waals surface area contributed by atoms with Gasteiger partial charge < -0.3 is 9.80 Å². The molecule has 4 nitrogen and oxygen atoms in total. The molecule has 11 rings (SSSR count). The molecule has 0 atom stereocenters. The van der Waals surface area contributed by atoms with E-state index in [-0.39, 0.29) is 10.8 Å². The number of benzene rings is 8. The third-order valence-corrected chi connectivity index (χ3v) is 12.2. The van der Waals surface area contributed by atoms with Crippen LogP contribution in [0.15, 0.2) is 158 Å². The lowest BCUT2D eigenvalue weighted by Crippen LogP contribution is -2.30. The molecule has 0 fully saturated rings. The normalized spacial score (nSPS) is 15.3. The maximum Gasteiger partial charge on any atom is 0.0979 e. The first kappa shape index (κ1) is 31.0. The third kappa shape index (κ3) is 4.19. The van der Waals surface area contributed by atoms with Crippen molar-refractivity contribution in [1.29, 1.82) is 0 Å². The molecule has 0 N–H and O–H groups in total. The Morgan fingerprint density at radius 3 is 1.02 bits per heavy atom. The molecule has 54 heavy (non-hydrogen) atoms. The summed E-state index contributed by atoms with van der Waals surface area (Å²) in [5.74, 6) is 0. The van der Waals surface area contributed by atoms with Crippen molar-refractivity contribution in [3.63, 3.8) is 0 Å². The van der Waals surface area contributed by atoms with Crippen molar-refractivity contribution in [3.05, 3.63) is 180 Å². The number of anilines is 6. The van der Waals surface area contributed by atoms with Gasteiger partial charge in [0.1, 0.15) is 0 Å². The van der Waals surface area contributed by atoms with Crippen LogP contribution < -0.4 is 9.80 Å². The number of hydrogen-bond donors (Lipinski definition) is 0. The van der Waals surface area contributed by atoms with Gasteiger partial charge in [-0.25, -0.2) is 9.97 Å². The lowest BCUT2D eigenvalue weighted by Gasteiger charge is -2.42. The van der Waals surface area contributed by atoms with Gasteiger partial charge in [-0.2, -0.15) is 0 Å². The quantitative estimate of drug-likeness (QED) is 0.133. The van der Waals surface area contributed by atoms with Crippen LogP contribution in [0.4, 0.5) is 34.1 Å². The zero-order chi connectivity index (χ0) is 36.3. The maximum atomic E-state index is 5.29. The first-order valence-electron chi connectivity index (χ1n) is 18.8. The van der Waals surface area contributed by atoms with Gasteiger partial charge >= 0.3 is 0 Å². The topological polar surface area (TPSA) is 32.3 Å². The summed E-state index contributed by atoms with van der Waals surface area (Å²) >= 11 is 0. The summed E-state index contributed by atoms with van der Waals surface area (Å²) in [5, 5.41) is 4.49. The van der Waals surface area contributed by atoms with E-state index in [1.807, 2.05) is 12.1 Å². The molecule has 4 heteroatoms. The number of aromatic nitrogens is 2. The Labute approximate surface area is 315 Å². The zero-order valence-corrected chi connectivity index (χ0v) is 30.8. The van der Waals surface area contributed by atoms with Crippen molar-refractivity contribution in [1.82, 2.24) is 9.97 Å². The minimum absolute atomic E-state index is 0.134. The highest BCUT2D eigenvalue weighted by molar-refractivity contribution is 6.25. The van der Waals surface area contributed by atoms with E-state index < -0.39 is 0 Å². The van der Waals surface area contributed by atoms with E-state index in [2.05, 4.69) is 183 Å². The predicted molar refractivity (Wildman–Crippen MR) is 226 cm³/mol. The van der Waals surface area contributed by atoms with Crippen LogP contribution in [-0.4, -0.2) is 9.97 Å². The van der Waals surface area contributed by atoms with Crippen molar-refractivity contribution in [2.45, 2.75) is 38.5 Å². The van der Waals surface area contributed by atoms with Gasteiger partial charge in [-0.1, -0.05) is 125 Å². The number of para-hydroxylation sites is 6. The van der Waals surface area contributed by atoms with E-state index in [0.717, 1.165) is 55.0 Å². The first-order valence-corrected chi connectivity index (χ1v) is 18.8. The summed E-state index contributed by atoms with van der Waals surface area (Å²) in [5.41, 5.74) is 15.7. The molecule has 9 aromatic rings. The van der Waals surface area contributed by atoms with Gasteiger partial charge in [0.05, 0.1) is 44.8 Å². The third-order valence-electron chi connectivity index (χ3n) is 12.2. The van der Waals surface area contributed by atoms with Crippen molar-refractivity contribution in [2.75, 3.05) is 9.80 Å². The molecule has 0 bridgehead atoms. The molecule has 258 valence electrons. The Morgan fingerprint density at radius 1 is 0.352 bits per heavy atom. The summed E-state index contributed by atoms with van der Waals surface area (Å²) in [6.07, 6.45) is 0. The van der Waals surface area contributed by atoms with Gasteiger partial charge in [-0.05, 0) is 93.7 Å². The molecule has 3 heterocycles. The van der Waals surface area contributed by atoms with Gasteiger partial charge in [0.25, 0.3) is 0 Å². The molecule has 1 aromatic heterocycles. The number of rotatable bonds is 2. The molecule has 0 unspecified atom stereocenters. The molecular formula is C50H38N4. The fourth-order valence-electron chi connectivity index (χ4n) is 9.47. The second kappa shape index (κ2) is 11.0. The fourth-order valence-corrected chi connectivity index (χ4v) is 9.47. The Morgan fingerprint density at radius 2 is 0.667 bits per heavy atom. The second-order valence-corrected chi connectivity index (χ2v) is 15.9. The highest BCUT2D eigenvalue weighted by atomic mass is 15.2. The van der Waals surface area contributed by atoms with Gasteiger partial charge in [-0.15, -0.1) is 0 Å². The van der Waals surface area contributed by atoms with Gasteiger partial charge in [0.2, 0.25) is 0 Å². The minimum atomic E-state index is -0.134. The van der Waals surface area contributed by atoms with Crippen LogP contribution in [0.5, 0.6) is 0 Å². The smallest absolute Gasteiger partial charge is 0.0979 e. The number of hydrogen-bond acceptors (Lipinski definition) is 4. The molecule has 0 saturated carbocycles. The average Bonchev–Trinajstić information content (AvgIpc) is 3.20. The van der Waals surface area contributed by atoms with E-state index in [4.69, 9.17) is 9.97 Å². The molecule has 0 saturated heterocycles. The molecular weight excluding hydrogens is 657 g/mol. The summed E-state index contributed by atoms with van der Waals surface area (Å²) < 4.78 is 0. The molecule has 0 spiro atoms. The molecule has 2 aliphatic heterocycles. The summed E-state index contributed by atoms with van der Waals surface area (Å²) in [4.78, 5) is 15.5. The van der Waals surface area contributed by atoms with E-state index in [0.29, 0.717) is 0 Å². The van der Waals surface area contributed by atoms with Crippen LogP contribution in [-0.2, 0) is 10.8 Å². The summed E-state index contributed by atoms with van der Waals surface area (Å²) in [7, 11) is 0. The minimum Gasteiger partial charge on any atom is -0.310 e. The van der Waals surface area contributed by atoms with Crippen molar-refractivity contribution in [3.8, 4) is 0 Å². The van der Waals surface area contributed by atoms with E-state index >= 15 is 0 Å². The highest BCUT2D eigenvalue weighted by Crippen LogP contribution is 2.54. The second-order valence-electron chi connectivity index (χ2n) is 15.9. The van der Waals surface area contributed by atoms with Crippen LogP contribution in [0.3, 0.4) is 0 Å². The van der Waals surface area contributed by atoms with E-state index in [1.54, 1.807) is 0 Å². The van der Waals surface area contributed by atoms with Crippen molar-refractivity contribution in [2.24, 2.45) is 0 Å². The molecule has 0 amide bonds. The van der Waals surface area contributed by atoms with Crippen molar-refractivity contribution < 1.29 is 0 Å². The van der Waals surface area contributed by atoms with E-state index in [1.165, 1.54) is 45.0 Å². The van der Waals surface area contributed by atoms with Crippen LogP contribution >= 0.6 is 0 Å².